The molecule has 0 bridgehead atoms. The number of hydrogen-bond donors (Lipinski definition) is 1. The van der Waals surface area contributed by atoms with E-state index in [1.807, 2.05) is 43.5 Å². The van der Waals surface area contributed by atoms with Crippen LogP contribution in [0.1, 0.15) is 24.2 Å². The van der Waals surface area contributed by atoms with Crippen LogP contribution in [0.15, 0.2) is 29.6 Å². The zero-order chi connectivity index (χ0) is 12.5. The normalized spacial score (nSPS) is 11.7. The van der Waals surface area contributed by atoms with Crippen LogP contribution >= 0.6 is 22.9 Å². The molecule has 17 heavy (non-hydrogen) atoms. The third-order valence-corrected chi connectivity index (χ3v) is 4.14. The first-order valence-electron chi connectivity index (χ1n) is 5.38. The first kappa shape index (κ1) is 12.4. The minimum Gasteiger partial charge on any atom is -0.346 e. The highest BCUT2D eigenvalue weighted by molar-refractivity contribution is 7.17. The molecule has 0 atom stereocenters. The third-order valence-electron chi connectivity index (χ3n) is 2.51. The quantitative estimate of drug-likeness (QED) is 0.845. The Morgan fingerprint density at radius 1 is 1.41 bits per heavy atom. The van der Waals surface area contributed by atoms with Crippen molar-refractivity contribution >= 4 is 38.9 Å². The smallest absolute Gasteiger partial charge is 0.253 e. The standard InChI is InChI=1S/C13H14ClNOS/c1-13(2,8-14)15-12(16)10-7-17-11-6-4-3-5-9(10)11/h3-7H,8H2,1-2H3,(H,15,16). The van der Waals surface area contributed by atoms with E-state index in [1.165, 1.54) is 0 Å². The molecule has 0 fully saturated rings. The average molecular weight is 268 g/mol. The van der Waals surface area contributed by atoms with Crippen molar-refractivity contribution in [3.63, 3.8) is 0 Å². The summed E-state index contributed by atoms with van der Waals surface area (Å²) < 4.78 is 1.13. The van der Waals surface area contributed by atoms with Gasteiger partial charge in [-0.3, -0.25) is 4.79 Å². The van der Waals surface area contributed by atoms with Gasteiger partial charge < -0.3 is 5.32 Å². The number of carbonyl (C=O) groups is 1. The fourth-order valence-corrected chi connectivity index (χ4v) is 2.57. The number of rotatable bonds is 3. The first-order chi connectivity index (χ1) is 8.03. The molecule has 1 aromatic carbocycles. The summed E-state index contributed by atoms with van der Waals surface area (Å²) in [5, 5.41) is 5.83. The first-order valence-corrected chi connectivity index (χ1v) is 6.79. The lowest BCUT2D eigenvalue weighted by Gasteiger charge is -2.23. The predicted octanol–water partition coefficient (Wildman–Crippen LogP) is 3.65. The Morgan fingerprint density at radius 2 is 2.12 bits per heavy atom. The van der Waals surface area contributed by atoms with Gasteiger partial charge >= 0.3 is 0 Å². The van der Waals surface area contributed by atoms with Crippen molar-refractivity contribution in [3.05, 3.63) is 35.2 Å². The SMILES string of the molecule is CC(C)(CCl)NC(=O)c1csc2ccccc12. The summed E-state index contributed by atoms with van der Waals surface area (Å²) in [6.45, 7) is 3.82. The third kappa shape index (κ3) is 2.61. The Morgan fingerprint density at radius 3 is 2.82 bits per heavy atom. The molecule has 2 rings (SSSR count). The molecule has 1 N–H and O–H groups in total. The summed E-state index contributed by atoms with van der Waals surface area (Å²) in [4.78, 5) is 12.1. The van der Waals surface area contributed by atoms with Crippen molar-refractivity contribution in [3.8, 4) is 0 Å². The average Bonchev–Trinajstić information content (AvgIpc) is 2.72. The molecule has 2 nitrogen and oxygen atoms in total. The molecule has 2 aromatic rings. The van der Waals surface area contributed by atoms with Gasteiger partial charge in [-0.05, 0) is 19.9 Å². The van der Waals surface area contributed by atoms with E-state index in [-0.39, 0.29) is 11.4 Å². The summed E-state index contributed by atoms with van der Waals surface area (Å²) in [7, 11) is 0. The molecule has 1 amide bonds. The van der Waals surface area contributed by atoms with Gasteiger partial charge in [0.1, 0.15) is 0 Å². The van der Waals surface area contributed by atoms with Crippen molar-refractivity contribution in [1.82, 2.24) is 5.32 Å². The molecule has 90 valence electrons. The van der Waals surface area contributed by atoms with Crippen LogP contribution in [0, 0.1) is 0 Å². The number of benzene rings is 1. The van der Waals surface area contributed by atoms with Crippen LogP contribution in [0.4, 0.5) is 0 Å². The Kier molecular flexibility index (Phi) is 3.40. The Labute approximate surface area is 110 Å². The number of carbonyl (C=O) groups excluding carboxylic acids is 1. The maximum Gasteiger partial charge on any atom is 0.253 e. The van der Waals surface area contributed by atoms with Crippen LogP contribution in [-0.2, 0) is 0 Å². The van der Waals surface area contributed by atoms with E-state index in [2.05, 4.69) is 5.32 Å². The molecule has 0 saturated heterocycles. The highest BCUT2D eigenvalue weighted by Gasteiger charge is 2.21. The molecule has 0 saturated carbocycles. The van der Waals surface area contributed by atoms with Gasteiger partial charge in [0, 0.05) is 26.9 Å². The van der Waals surface area contributed by atoms with Gasteiger partial charge in [-0.1, -0.05) is 18.2 Å². The molecule has 0 aliphatic rings. The molecule has 4 heteroatoms. The lowest BCUT2D eigenvalue weighted by atomic mass is 10.1. The van der Waals surface area contributed by atoms with E-state index in [9.17, 15) is 4.79 Å². The number of halogens is 1. The minimum absolute atomic E-state index is 0.0619. The second kappa shape index (κ2) is 4.67. The van der Waals surface area contributed by atoms with Gasteiger partial charge in [0.05, 0.1) is 5.56 Å². The summed E-state index contributed by atoms with van der Waals surface area (Å²) in [6, 6.07) is 7.90. The number of hydrogen-bond acceptors (Lipinski definition) is 2. The van der Waals surface area contributed by atoms with Crippen molar-refractivity contribution in [2.24, 2.45) is 0 Å². The molecule has 0 aliphatic carbocycles. The van der Waals surface area contributed by atoms with Crippen molar-refractivity contribution < 1.29 is 4.79 Å². The van der Waals surface area contributed by atoms with Crippen LogP contribution in [-0.4, -0.2) is 17.3 Å². The fourth-order valence-electron chi connectivity index (χ4n) is 1.56. The van der Waals surface area contributed by atoms with Crippen molar-refractivity contribution in [1.29, 1.82) is 0 Å². The fraction of sp³-hybridized carbons (Fsp3) is 0.308. The number of alkyl halides is 1. The van der Waals surface area contributed by atoms with Gasteiger partial charge in [0.2, 0.25) is 0 Å². The Balaban J connectivity index is 2.31. The van der Waals surface area contributed by atoms with E-state index < -0.39 is 0 Å². The highest BCUT2D eigenvalue weighted by atomic mass is 35.5. The second-order valence-corrected chi connectivity index (χ2v) is 5.80. The number of nitrogens with one attached hydrogen (secondary N) is 1. The van der Waals surface area contributed by atoms with Gasteiger partial charge in [-0.25, -0.2) is 0 Å². The minimum atomic E-state index is -0.387. The molecule has 1 aromatic heterocycles. The van der Waals surface area contributed by atoms with E-state index in [0.717, 1.165) is 15.6 Å². The maximum atomic E-state index is 12.1. The second-order valence-electron chi connectivity index (χ2n) is 4.62. The van der Waals surface area contributed by atoms with Gasteiger partial charge in [-0.2, -0.15) is 0 Å². The summed E-state index contributed by atoms with van der Waals surface area (Å²) in [5.41, 5.74) is 0.339. The maximum absolute atomic E-state index is 12.1. The van der Waals surface area contributed by atoms with Crippen LogP contribution < -0.4 is 5.32 Å². The number of thiophene rings is 1. The Hall–Kier alpha value is -1.06. The van der Waals surface area contributed by atoms with E-state index in [1.54, 1.807) is 11.3 Å². The molecule has 0 radical (unpaired) electrons. The van der Waals surface area contributed by atoms with E-state index >= 15 is 0 Å². The molecule has 0 spiro atoms. The highest BCUT2D eigenvalue weighted by Crippen LogP contribution is 2.25. The largest absolute Gasteiger partial charge is 0.346 e. The van der Waals surface area contributed by atoms with E-state index in [0.29, 0.717) is 5.88 Å². The van der Waals surface area contributed by atoms with Gasteiger partial charge in [-0.15, -0.1) is 22.9 Å². The molecule has 1 heterocycles. The van der Waals surface area contributed by atoms with E-state index in [4.69, 9.17) is 11.6 Å². The van der Waals surface area contributed by atoms with Crippen LogP contribution in [0.3, 0.4) is 0 Å². The van der Waals surface area contributed by atoms with Gasteiger partial charge in [0.15, 0.2) is 0 Å². The zero-order valence-corrected chi connectivity index (χ0v) is 11.4. The van der Waals surface area contributed by atoms with Crippen LogP contribution in [0.25, 0.3) is 10.1 Å². The molecule has 0 unspecified atom stereocenters. The zero-order valence-electron chi connectivity index (χ0n) is 9.79. The summed E-state index contributed by atoms with van der Waals surface area (Å²) in [5.74, 6) is 0.328. The number of fused-ring (bicyclic) bond motifs is 1. The van der Waals surface area contributed by atoms with Gasteiger partial charge in [0.25, 0.3) is 5.91 Å². The Bertz CT molecular complexity index is 547. The molecule has 0 aliphatic heterocycles. The van der Waals surface area contributed by atoms with Crippen LogP contribution in [0.5, 0.6) is 0 Å². The molecular weight excluding hydrogens is 254 g/mol. The number of amides is 1. The topological polar surface area (TPSA) is 29.1 Å². The van der Waals surface area contributed by atoms with Crippen molar-refractivity contribution in [2.75, 3.05) is 5.88 Å². The summed E-state index contributed by atoms with van der Waals surface area (Å²) in [6.07, 6.45) is 0. The summed E-state index contributed by atoms with van der Waals surface area (Å²) >= 11 is 7.39. The van der Waals surface area contributed by atoms with Crippen molar-refractivity contribution in [2.45, 2.75) is 19.4 Å². The predicted molar refractivity (Wildman–Crippen MR) is 74.1 cm³/mol. The lowest BCUT2D eigenvalue weighted by molar-refractivity contribution is 0.0922. The van der Waals surface area contributed by atoms with Crippen LogP contribution in [0.2, 0.25) is 0 Å². The lowest BCUT2D eigenvalue weighted by Crippen LogP contribution is -2.44. The molecular formula is C13H14ClNOS. The monoisotopic (exact) mass is 267 g/mol.